The molecular weight excluding hydrogens is 384 g/mol. The maximum absolute atomic E-state index is 12.5. The van der Waals surface area contributed by atoms with Crippen LogP contribution in [0.25, 0.3) is 17.1 Å². The van der Waals surface area contributed by atoms with E-state index >= 15 is 0 Å². The van der Waals surface area contributed by atoms with Crippen molar-refractivity contribution < 1.29 is 9.90 Å². The van der Waals surface area contributed by atoms with Crippen LogP contribution in [-0.2, 0) is 4.79 Å². The fourth-order valence-electron chi connectivity index (χ4n) is 3.66. The highest BCUT2D eigenvalue weighted by Crippen LogP contribution is 2.33. The molecule has 0 atom stereocenters. The Hall–Kier alpha value is -2.80. The van der Waals surface area contributed by atoms with Gasteiger partial charge in [-0.05, 0) is 50.5 Å². The summed E-state index contributed by atoms with van der Waals surface area (Å²) in [5.74, 6) is 1.16. The summed E-state index contributed by atoms with van der Waals surface area (Å²) >= 11 is 1.39. The number of carbonyl (C=O) groups excluding carboxylic acids is 1. The van der Waals surface area contributed by atoms with Gasteiger partial charge in [0.15, 0.2) is 11.0 Å². The number of nitrogens with zero attached hydrogens (tertiary/aromatic N) is 4. The predicted molar refractivity (Wildman–Crippen MR) is 114 cm³/mol. The number of aromatic nitrogens is 3. The second-order valence-electron chi connectivity index (χ2n) is 7.33. The van der Waals surface area contributed by atoms with E-state index in [0.29, 0.717) is 22.3 Å². The minimum absolute atomic E-state index is 0.131. The van der Waals surface area contributed by atoms with Crippen LogP contribution in [-0.4, -0.2) is 49.5 Å². The third-order valence-electron chi connectivity index (χ3n) is 5.16. The minimum atomic E-state index is 0.131. The Labute approximate surface area is 174 Å². The average molecular weight is 409 g/mol. The molecule has 0 radical (unpaired) electrons. The number of likely N-dealkylation sites (tertiary alicyclic amines) is 1. The van der Waals surface area contributed by atoms with Crippen LogP contribution >= 0.6 is 11.8 Å². The molecule has 1 amide bonds. The van der Waals surface area contributed by atoms with Crippen molar-refractivity contribution in [2.75, 3.05) is 18.8 Å². The van der Waals surface area contributed by atoms with Gasteiger partial charge in [-0.25, -0.2) is 0 Å². The standard InChI is InChI=1S/C22H24N4O2S/c1-15-9-10-18(16(2)13-15)26-21(17-7-3-4-8-19(17)27)23-24-22(26)29-14-20(28)25-11-5-6-12-25/h3-4,7-10,13,27H,5-6,11-12,14H2,1-2H3. The molecule has 29 heavy (non-hydrogen) atoms. The van der Waals surface area contributed by atoms with Crippen LogP contribution in [0.15, 0.2) is 47.6 Å². The second kappa shape index (κ2) is 8.29. The summed E-state index contributed by atoms with van der Waals surface area (Å²) < 4.78 is 1.94. The Bertz CT molecular complexity index is 1040. The quantitative estimate of drug-likeness (QED) is 0.647. The van der Waals surface area contributed by atoms with Crippen molar-refractivity contribution in [3.8, 4) is 22.8 Å². The summed E-state index contributed by atoms with van der Waals surface area (Å²) in [4.78, 5) is 14.4. The Balaban J connectivity index is 1.73. The lowest BCUT2D eigenvalue weighted by Crippen LogP contribution is -2.29. The van der Waals surface area contributed by atoms with Gasteiger partial charge in [-0.15, -0.1) is 10.2 Å². The molecule has 1 N–H and O–H groups in total. The third kappa shape index (κ3) is 4.00. The zero-order valence-electron chi connectivity index (χ0n) is 16.6. The molecule has 2 aromatic carbocycles. The number of carbonyl (C=O) groups is 1. The molecule has 1 aliphatic heterocycles. The lowest BCUT2D eigenvalue weighted by Gasteiger charge is -2.16. The monoisotopic (exact) mass is 408 g/mol. The van der Waals surface area contributed by atoms with E-state index in [1.54, 1.807) is 12.1 Å². The van der Waals surface area contributed by atoms with Gasteiger partial charge in [0.25, 0.3) is 0 Å². The van der Waals surface area contributed by atoms with Crippen LogP contribution < -0.4 is 0 Å². The number of thioether (sulfide) groups is 1. The van der Waals surface area contributed by atoms with Gasteiger partial charge in [0.1, 0.15) is 5.75 Å². The van der Waals surface area contributed by atoms with Crippen molar-refractivity contribution in [1.29, 1.82) is 0 Å². The van der Waals surface area contributed by atoms with Gasteiger partial charge in [0.05, 0.1) is 17.0 Å². The van der Waals surface area contributed by atoms with Crippen molar-refractivity contribution in [3.05, 3.63) is 53.6 Å². The van der Waals surface area contributed by atoms with Crippen LogP contribution in [0, 0.1) is 13.8 Å². The van der Waals surface area contributed by atoms with Crippen molar-refractivity contribution in [2.24, 2.45) is 0 Å². The number of aromatic hydroxyl groups is 1. The van der Waals surface area contributed by atoms with E-state index in [9.17, 15) is 9.90 Å². The maximum Gasteiger partial charge on any atom is 0.233 e. The molecule has 0 saturated carbocycles. The number of phenolic OH excluding ortho intramolecular Hbond substituents is 1. The highest BCUT2D eigenvalue weighted by atomic mass is 32.2. The number of rotatable bonds is 5. The number of hydrogen-bond acceptors (Lipinski definition) is 5. The number of amides is 1. The Morgan fingerprint density at radius 2 is 1.86 bits per heavy atom. The molecule has 150 valence electrons. The fraction of sp³-hybridized carbons (Fsp3) is 0.318. The third-order valence-corrected chi connectivity index (χ3v) is 6.07. The fourth-order valence-corrected chi connectivity index (χ4v) is 4.51. The molecule has 1 aromatic heterocycles. The zero-order chi connectivity index (χ0) is 20.4. The molecule has 4 rings (SSSR count). The molecule has 2 heterocycles. The number of phenols is 1. The van der Waals surface area contributed by atoms with Gasteiger partial charge in [-0.2, -0.15) is 0 Å². The van der Waals surface area contributed by atoms with Crippen LogP contribution in [0.5, 0.6) is 5.75 Å². The van der Waals surface area contributed by atoms with E-state index in [0.717, 1.165) is 37.2 Å². The Morgan fingerprint density at radius 3 is 2.59 bits per heavy atom. The average Bonchev–Trinajstić information content (AvgIpc) is 3.37. The molecule has 0 aliphatic carbocycles. The van der Waals surface area contributed by atoms with Crippen molar-refractivity contribution in [3.63, 3.8) is 0 Å². The molecule has 1 saturated heterocycles. The second-order valence-corrected chi connectivity index (χ2v) is 8.27. The van der Waals surface area contributed by atoms with Crippen molar-refractivity contribution >= 4 is 17.7 Å². The highest BCUT2D eigenvalue weighted by Gasteiger charge is 2.22. The van der Waals surface area contributed by atoms with E-state index in [-0.39, 0.29) is 11.7 Å². The summed E-state index contributed by atoms with van der Waals surface area (Å²) in [6.45, 7) is 5.77. The highest BCUT2D eigenvalue weighted by molar-refractivity contribution is 7.99. The molecule has 1 aliphatic rings. The maximum atomic E-state index is 12.5. The summed E-state index contributed by atoms with van der Waals surface area (Å²) in [6, 6.07) is 13.3. The molecule has 1 fully saturated rings. The molecule has 0 bridgehead atoms. The lowest BCUT2D eigenvalue weighted by atomic mass is 10.1. The molecule has 0 spiro atoms. The topological polar surface area (TPSA) is 71.2 Å². The number of aryl methyl sites for hydroxylation is 2. The first kappa shape index (κ1) is 19.5. The molecule has 0 unspecified atom stereocenters. The van der Waals surface area contributed by atoms with E-state index in [2.05, 4.69) is 23.2 Å². The summed E-state index contributed by atoms with van der Waals surface area (Å²) in [6.07, 6.45) is 2.15. The van der Waals surface area contributed by atoms with Crippen LogP contribution in [0.1, 0.15) is 24.0 Å². The van der Waals surface area contributed by atoms with Crippen LogP contribution in [0.4, 0.5) is 0 Å². The van der Waals surface area contributed by atoms with Crippen molar-refractivity contribution in [1.82, 2.24) is 19.7 Å². The largest absolute Gasteiger partial charge is 0.507 e. The molecule has 3 aromatic rings. The first-order valence-corrected chi connectivity index (χ1v) is 10.7. The van der Waals surface area contributed by atoms with Crippen LogP contribution in [0.3, 0.4) is 0 Å². The Morgan fingerprint density at radius 1 is 1.10 bits per heavy atom. The van der Waals surface area contributed by atoms with Gasteiger partial charge >= 0.3 is 0 Å². The van der Waals surface area contributed by atoms with Gasteiger partial charge in [0, 0.05) is 13.1 Å². The van der Waals surface area contributed by atoms with E-state index < -0.39 is 0 Å². The zero-order valence-corrected chi connectivity index (χ0v) is 17.4. The van der Waals surface area contributed by atoms with E-state index in [1.807, 2.05) is 40.7 Å². The number of para-hydroxylation sites is 1. The lowest BCUT2D eigenvalue weighted by molar-refractivity contribution is -0.127. The molecule has 7 heteroatoms. The first-order chi connectivity index (χ1) is 14.0. The normalized spacial score (nSPS) is 13.8. The summed E-state index contributed by atoms with van der Waals surface area (Å²) in [5, 5.41) is 19.7. The predicted octanol–water partition coefficient (Wildman–Crippen LogP) is 3.97. The number of benzene rings is 2. The van der Waals surface area contributed by atoms with E-state index in [1.165, 1.54) is 17.3 Å². The van der Waals surface area contributed by atoms with Gasteiger partial charge in [-0.3, -0.25) is 9.36 Å². The smallest absolute Gasteiger partial charge is 0.233 e. The van der Waals surface area contributed by atoms with E-state index in [4.69, 9.17) is 0 Å². The molecule has 6 nitrogen and oxygen atoms in total. The molecular formula is C22H24N4O2S. The van der Waals surface area contributed by atoms with Gasteiger partial charge in [0.2, 0.25) is 5.91 Å². The van der Waals surface area contributed by atoms with Crippen molar-refractivity contribution in [2.45, 2.75) is 31.8 Å². The van der Waals surface area contributed by atoms with Gasteiger partial charge < -0.3 is 10.0 Å². The summed E-state index contributed by atoms with van der Waals surface area (Å²) in [5.41, 5.74) is 3.80. The SMILES string of the molecule is Cc1ccc(-n2c(SCC(=O)N3CCCC3)nnc2-c2ccccc2O)c(C)c1. The van der Waals surface area contributed by atoms with Crippen LogP contribution in [0.2, 0.25) is 0 Å². The summed E-state index contributed by atoms with van der Waals surface area (Å²) in [7, 11) is 0. The number of hydrogen-bond donors (Lipinski definition) is 1. The minimum Gasteiger partial charge on any atom is -0.507 e. The Kier molecular flexibility index (Phi) is 5.58. The van der Waals surface area contributed by atoms with Gasteiger partial charge in [-0.1, -0.05) is 41.6 Å². The first-order valence-electron chi connectivity index (χ1n) is 9.76.